The summed E-state index contributed by atoms with van der Waals surface area (Å²) in [5.41, 5.74) is 3.60. The van der Waals surface area contributed by atoms with Gasteiger partial charge >= 0.3 is 0 Å². The molecule has 1 amide bonds. The van der Waals surface area contributed by atoms with Gasteiger partial charge in [-0.05, 0) is 65.6 Å². The van der Waals surface area contributed by atoms with E-state index in [9.17, 15) is 9.90 Å². The van der Waals surface area contributed by atoms with E-state index in [4.69, 9.17) is 18.9 Å². The Morgan fingerprint density at radius 1 is 0.860 bits per heavy atom. The fourth-order valence-electron chi connectivity index (χ4n) is 6.67. The summed E-state index contributed by atoms with van der Waals surface area (Å²) in [6.45, 7) is 2.01. The number of fused-ring (bicyclic) bond motifs is 1. The first-order valence-electron chi connectivity index (χ1n) is 16.4. The Kier molecular flexibility index (Phi) is 9.31. The Labute approximate surface area is 290 Å². The number of rotatable bonds is 11. The first-order chi connectivity index (χ1) is 24.4. The number of benzene rings is 4. The number of hydrogen-bond donors (Lipinski definition) is 2. The van der Waals surface area contributed by atoms with Gasteiger partial charge in [0.1, 0.15) is 47.2 Å². The van der Waals surface area contributed by atoms with Gasteiger partial charge in [0.2, 0.25) is 0 Å². The molecule has 0 spiro atoms. The van der Waals surface area contributed by atoms with Gasteiger partial charge in [0.05, 0.1) is 32.3 Å². The highest BCUT2D eigenvalue weighted by atomic mass is 16.6. The van der Waals surface area contributed by atoms with E-state index < -0.39 is 24.0 Å². The van der Waals surface area contributed by atoms with Crippen LogP contribution in [0.25, 0.3) is 11.0 Å². The van der Waals surface area contributed by atoms with Crippen LogP contribution in [0.2, 0.25) is 0 Å². The molecule has 1 fully saturated rings. The maximum Gasteiger partial charge on any atom is 0.256 e. The van der Waals surface area contributed by atoms with Gasteiger partial charge in [0, 0.05) is 18.2 Å². The maximum absolute atomic E-state index is 13.0. The van der Waals surface area contributed by atoms with E-state index >= 15 is 0 Å². The van der Waals surface area contributed by atoms with Crippen LogP contribution in [0.15, 0.2) is 122 Å². The summed E-state index contributed by atoms with van der Waals surface area (Å²) < 4.78 is 26.4. The van der Waals surface area contributed by atoms with Gasteiger partial charge in [0.25, 0.3) is 5.91 Å². The van der Waals surface area contributed by atoms with Crippen molar-refractivity contribution in [1.82, 2.24) is 14.5 Å². The topological polar surface area (TPSA) is 117 Å². The minimum atomic E-state index is -1.06. The van der Waals surface area contributed by atoms with Crippen molar-refractivity contribution in [3.8, 4) is 11.5 Å². The predicted octanol–water partition coefficient (Wildman–Crippen LogP) is 6.67. The number of nitrogens with one attached hydrogen (secondary N) is 1. The number of hydrogen-bond acceptors (Lipinski definition) is 8. The van der Waals surface area contributed by atoms with Crippen molar-refractivity contribution in [2.45, 2.75) is 37.4 Å². The molecule has 3 heterocycles. The van der Waals surface area contributed by atoms with Crippen LogP contribution >= 0.6 is 0 Å². The Bertz CT molecular complexity index is 2020. The van der Waals surface area contributed by atoms with Gasteiger partial charge in [0.15, 0.2) is 0 Å². The zero-order valence-electron chi connectivity index (χ0n) is 28.0. The van der Waals surface area contributed by atoms with Crippen molar-refractivity contribution < 1.29 is 28.8 Å². The second-order valence-corrected chi connectivity index (χ2v) is 12.2. The highest BCUT2D eigenvalue weighted by Crippen LogP contribution is 2.43. The van der Waals surface area contributed by atoms with Crippen LogP contribution in [0.5, 0.6) is 11.5 Å². The number of aromatic nitrogens is 3. The quantitative estimate of drug-likeness (QED) is 0.147. The smallest absolute Gasteiger partial charge is 0.256 e. The van der Waals surface area contributed by atoms with Crippen molar-refractivity contribution in [3.63, 3.8) is 0 Å². The average molecular weight is 671 g/mol. The number of ether oxygens (including phenoxy) is 4. The number of aryl methyl sites for hydroxylation is 1. The Hall–Kier alpha value is -5.55. The standard InChI is InChI=1S/C40H38N4O6/c1-26-23-44(38-36(26)37(41-25-42-38)43-39(46)27-10-6-4-7-11-27)35-22-33(45)34(50-35)24-49-40(28-12-8-5-9-13-28,29-14-18-31(47-2)19-15-29)30-16-20-32(48-3)21-17-30/h4-21,23,25,33-35,45H,22,24H2,1-3H3,(H,41,42,43,46)/t33-,34+,35+/m0/s1. The SMILES string of the molecule is COc1ccc(C(OC[C@H]2O[C@@H](n3cc(C)c4c(NC(=O)c5ccccc5)ncnc43)C[C@@H]2O)(c2ccccc2)c2ccc(OC)cc2)cc1. The fourth-order valence-corrected chi connectivity index (χ4v) is 6.67. The number of carbonyl (C=O) groups is 1. The number of anilines is 1. The summed E-state index contributed by atoms with van der Waals surface area (Å²) in [5.74, 6) is 1.59. The van der Waals surface area contributed by atoms with Crippen molar-refractivity contribution in [1.29, 1.82) is 0 Å². The number of carbonyl (C=O) groups excluding carboxylic acids is 1. The summed E-state index contributed by atoms with van der Waals surface area (Å²) >= 11 is 0. The zero-order valence-corrected chi connectivity index (χ0v) is 28.0. The number of aliphatic hydroxyl groups is 1. The molecule has 0 unspecified atom stereocenters. The third-order valence-electron chi connectivity index (χ3n) is 9.22. The normalized spacial score (nSPS) is 17.5. The predicted molar refractivity (Wildman–Crippen MR) is 189 cm³/mol. The number of nitrogens with zero attached hydrogens (tertiary/aromatic N) is 3. The van der Waals surface area contributed by atoms with Crippen LogP contribution in [-0.4, -0.2) is 58.6 Å². The van der Waals surface area contributed by atoms with Crippen molar-refractivity contribution in [2.75, 3.05) is 26.1 Å². The lowest BCUT2D eigenvalue weighted by molar-refractivity contribution is -0.0930. The van der Waals surface area contributed by atoms with E-state index in [0.717, 1.165) is 33.8 Å². The van der Waals surface area contributed by atoms with Crippen LogP contribution in [0.3, 0.4) is 0 Å². The molecule has 2 aromatic heterocycles. The molecule has 6 aromatic rings. The molecule has 4 aromatic carbocycles. The van der Waals surface area contributed by atoms with E-state index in [2.05, 4.69) is 15.3 Å². The monoisotopic (exact) mass is 670 g/mol. The molecule has 1 aliphatic rings. The van der Waals surface area contributed by atoms with Crippen molar-refractivity contribution >= 4 is 22.8 Å². The van der Waals surface area contributed by atoms with Gasteiger partial charge < -0.3 is 33.9 Å². The molecule has 50 heavy (non-hydrogen) atoms. The van der Waals surface area contributed by atoms with Gasteiger partial charge in [-0.2, -0.15) is 0 Å². The lowest BCUT2D eigenvalue weighted by Crippen LogP contribution is -2.38. The van der Waals surface area contributed by atoms with Gasteiger partial charge in [-0.15, -0.1) is 0 Å². The van der Waals surface area contributed by atoms with Gasteiger partial charge in [-0.1, -0.05) is 72.8 Å². The summed E-state index contributed by atoms with van der Waals surface area (Å²) in [4.78, 5) is 21.9. The van der Waals surface area contributed by atoms with E-state index in [0.29, 0.717) is 28.8 Å². The lowest BCUT2D eigenvalue weighted by Gasteiger charge is -2.37. The molecule has 2 N–H and O–H groups in total. The molecular weight excluding hydrogens is 632 g/mol. The largest absolute Gasteiger partial charge is 0.497 e. The summed E-state index contributed by atoms with van der Waals surface area (Å²) in [6.07, 6.45) is 1.64. The first-order valence-corrected chi connectivity index (χ1v) is 16.4. The van der Waals surface area contributed by atoms with Crippen molar-refractivity contribution in [2.24, 2.45) is 0 Å². The molecule has 3 atom stereocenters. The second-order valence-electron chi connectivity index (χ2n) is 12.2. The zero-order chi connectivity index (χ0) is 34.7. The van der Waals surface area contributed by atoms with Crippen LogP contribution in [0.4, 0.5) is 5.82 Å². The van der Waals surface area contributed by atoms with Crippen LogP contribution < -0.4 is 14.8 Å². The van der Waals surface area contributed by atoms with Gasteiger partial charge in [-0.25, -0.2) is 9.97 Å². The number of aliphatic hydroxyl groups excluding tert-OH is 1. The third kappa shape index (κ3) is 6.20. The maximum atomic E-state index is 13.0. The molecule has 1 saturated heterocycles. The summed E-state index contributed by atoms with van der Waals surface area (Å²) in [6, 6.07) is 34.6. The molecule has 10 heteroatoms. The number of amides is 1. The van der Waals surface area contributed by atoms with Crippen LogP contribution in [0.1, 0.15) is 45.3 Å². The summed E-state index contributed by atoms with van der Waals surface area (Å²) in [7, 11) is 3.27. The van der Waals surface area contributed by atoms with Crippen molar-refractivity contribution in [3.05, 3.63) is 150 Å². The average Bonchev–Trinajstić information content (AvgIpc) is 3.72. The second kappa shape index (κ2) is 14.1. The molecule has 10 nitrogen and oxygen atoms in total. The molecule has 0 radical (unpaired) electrons. The minimum absolute atomic E-state index is 0.0795. The minimum Gasteiger partial charge on any atom is -0.497 e. The van der Waals surface area contributed by atoms with E-state index in [1.54, 1.807) is 26.4 Å². The van der Waals surface area contributed by atoms with E-state index in [1.165, 1.54) is 6.33 Å². The molecule has 7 rings (SSSR count). The van der Waals surface area contributed by atoms with E-state index in [1.807, 2.05) is 115 Å². The number of methoxy groups -OCH3 is 2. The molecule has 254 valence electrons. The van der Waals surface area contributed by atoms with Crippen LogP contribution in [-0.2, 0) is 15.1 Å². The molecular formula is C40H38N4O6. The molecule has 0 bridgehead atoms. The fraction of sp³-hybridized carbons (Fsp3) is 0.225. The molecule has 0 aliphatic carbocycles. The summed E-state index contributed by atoms with van der Waals surface area (Å²) in [5, 5.41) is 15.0. The third-order valence-corrected chi connectivity index (χ3v) is 9.22. The van der Waals surface area contributed by atoms with Crippen LogP contribution in [0, 0.1) is 6.92 Å². The Balaban J connectivity index is 1.19. The Morgan fingerprint density at radius 2 is 1.44 bits per heavy atom. The lowest BCUT2D eigenvalue weighted by atomic mass is 9.80. The first kappa shape index (κ1) is 33.0. The van der Waals surface area contributed by atoms with E-state index in [-0.39, 0.29) is 12.5 Å². The highest BCUT2D eigenvalue weighted by molar-refractivity contribution is 6.08. The highest BCUT2D eigenvalue weighted by Gasteiger charge is 2.42. The Morgan fingerprint density at radius 3 is 2.04 bits per heavy atom. The van der Waals surface area contributed by atoms with Gasteiger partial charge in [-0.3, -0.25) is 4.79 Å². The molecule has 1 aliphatic heterocycles. The molecule has 0 saturated carbocycles.